The highest BCUT2D eigenvalue weighted by Gasteiger charge is 2.19. The number of rotatable bonds is 5. The van der Waals surface area contributed by atoms with Gasteiger partial charge in [0.1, 0.15) is 22.3 Å². The Kier molecular flexibility index (Phi) is 6.92. The second kappa shape index (κ2) is 12.2. The third-order valence-corrected chi connectivity index (χ3v) is 10.6. The molecule has 0 spiro atoms. The number of allylic oxidation sites excluding steroid dienone is 4. The Morgan fingerprint density at radius 3 is 2.00 bits per heavy atom. The molecule has 1 aliphatic carbocycles. The van der Waals surface area contributed by atoms with Crippen LogP contribution in [0.3, 0.4) is 0 Å². The van der Waals surface area contributed by atoms with Crippen LogP contribution in [0.2, 0.25) is 0 Å². The van der Waals surface area contributed by atoms with E-state index in [1.807, 2.05) is 42.5 Å². The number of hydrogen-bond donors (Lipinski definition) is 0. The van der Waals surface area contributed by atoms with Crippen LogP contribution in [0.5, 0.6) is 0 Å². The molecule has 5 heteroatoms. The van der Waals surface area contributed by atoms with Gasteiger partial charge in [0.2, 0.25) is 0 Å². The highest BCUT2D eigenvalue weighted by molar-refractivity contribution is 6.16. The third-order valence-electron chi connectivity index (χ3n) is 10.6. The number of fused-ring (bicyclic) bond motifs is 8. The van der Waals surface area contributed by atoms with Crippen LogP contribution < -0.4 is 0 Å². The summed E-state index contributed by atoms with van der Waals surface area (Å²) in [5, 5.41) is 6.48. The molecule has 254 valence electrons. The van der Waals surface area contributed by atoms with Gasteiger partial charge in [-0.25, -0.2) is 15.0 Å². The fourth-order valence-corrected chi connectivity index (χ4v) is 7.86. The van der Waals surface area contributed by atoms with E-state index >= 15 is 0 Å². The average molecular weight is 694 g/mol. The zero-order chi connectivity index (χ0) is 35.6. The number of nitrogens with zero attached hydrogens (tertiary/aromatic N) is 3. The zero-order valence-corrected chi connectivity index (χ0v) is 29.2. The molecule has 54 heavy (non-hydrogen) atoms. The van der Waals surface area contributed by atoms with E-state index < -0.39 is 0 Å². The van der Waals surface area contributed by atoms with E-state index in [9.17, 15) is 0 Å². The third kappa shape index (κ3) is 5.05. The molecule has 3 heterocycles. The number of benzene rings is 7. The lowest BCUT2D eigenvalue weighted by atomic mass is 9.98. The van der Waals surface area contributed by atoms with E-state index in [-0.39, 0.29) is 0 Å². The lowest BCUT2D eigenvalue weighted by molar-refractivity contribution is 0.669. The van der Waals surface area contributed by atoms with Gasteiger partial charge in [-0.15, -0.1) is 0 Å². The predicted molar refractivity (Wildman–Crippen MR) is 220 cm³/mol. The molecule has 11 rings (SSSR count). The summed E-state index contributed by atoms with van der Waals surface area (Å²) in [4.78, 5) is 15.2. The smallest absolute Gasteiger partial charge is 0.164 e. The van der Waals surface area contributed by atoms with Crippen LogP contribution in [0.4, 0.5) is 0 Å². The molecule has 0 saturated heterocycles. The minimum absolute atomic E-state index is 0.593. The molecule has 0 amide bonds. The van der Waals surface area contributed by atoms with Crippen LogP contribution in [0, 0.1) is 0 Å². The summed E-state index contributed by atoms with van der Waals surface area (Å²) in [6.07, 6.45) is 8.89. The summed E-state index contributed by atoms with van der Waals surface area (Å²) < 4.78 is 13.0. The molecule has 0 radical (unpaired) electrons. The van der Waals surface area contributed by atoms with Crippen LogP contribution in [-0.4, -0.2) is 15.0 Å². The Morgan fingerprint density at radius 1 is 0.426 bits per heavy atom. The topological polar surface area (TPSA) is 65.0 Å². The van der Waals surface area contributed by atoms with Crippen molar-refractivity contribution in [1.82, 2.24) is 15.0 Å². The number of hydrogen-bond acceptors (Lipinski definition) is 5. The largest absolute Gasteiger partial charge is 0.456 e. The van der Waals surface area contributed by atoms with Crippen molar-refractivity contribution >= 4 is 60.2 Å². The molecule has 3 aromatic heterocycles. The van der Waals surface area contributed by atoms with Crippen molar-refractivity contribution in [3.05, 3.63) is 169 Å². The number of furan rings is 2. The molecule has 1 aliphatic rings. The van der Waals surface area contributed by atoms with Crippen LogP contribution in [0.25, 0.3) is 106 Å². The van der Waals surface area contributed by atoms with E-state index in [1.165, 1.54) is 16.5 Å². The molecule has 0 bridgehead atoms. The van der Waals surface area contributed by atoms with Crippen molar-refractivity contribution in [3.63, 3.8) is 0 Å². The molecule has 7 aromatic carbocycles. The van der Waals surface area contributed by atoms with Gasteiger partial charge >= 0.3 is 0 Å². The first-order valence-electron chi connectivity index (χ1n) is 18.3. The maximum Gasteiger partial charge on any atom is 0.164 e. The molecule has 0 unspecified atom stereocenters. The summed E-state index contributed by atoms with van der Waals surface area (Å²) in [6.45, 7) is 0. The maximum atomic E-state index is 6.53. The van der Waals surface area contributed by atoms with E-state index in [2.05, 4.69) is 121 Å². The van der Waals surface area contributed by atoms with Gasteiger partial charge in [0.25, 0.3) is 0 Å². The van der Waals surface area contributed by atoms with Gasteiger partial charge < -0.3 is 8.83 Å². The molecular formula is C49H31N3O2. The Hall–Kier alpha value is -7.11. The first-order valence-corrected chi connectivity index (χ1v) is 18.3. The molecule has 10 aromatic rings. The van der Waals surface area contributed by atoms with Gasteiger partial charge in [-0.2, -0.15) is 0 Å². The van der Waals surface area contributed by atoms with E-state index in [1.54, 1.807) is 0 Å². The number of aromatic nitrogens is 3. The van der Waals surface area contributed by atoms with Gasteiger partial charge in [0, 0.05) is 43.6 Å². The fourth-order valence-electron chi connectivity index (χ4n) is 7.86. The standard InChI is InChI=1S/C49H31N3O2/c1-3-10-30(11-4-1)31-18-20-34(21-19-31)48-50-47(33-13-5-2-6-14-33)51-49(52-48)40-16-9-17-43-45(40)41-28-35(24-27-42(41)53-43)36-23-25-38-39-26-22-32-12-7-8-15-37(32)46(39)54-44(38)29-36/h2-3,5-29H,1,4H2. The highest BCUT2D eigenvalue weighted by atomic mass is 16.3. The van der Waals surface area contributed by atoms with Crippen LogP contribution in [0.15, 0.2) is 173 Å². The van der Waals surface area contributed by atoms with Crippen LogP contribution >= 0.6 is 0 Å². The maximum absolute atomic E-state index is 6.53. The summed E-state index contributed by atoms with van der Waals surface area (Å²) >= 11 is 0. The molecule has 0 aliphatic heterocycles. The Morgan fingerprint density at radius 2 is 1.15 bits per heavy atom. The van der Waals surface area contributed by atoms with Gasteiger partial charge in [-0.3, -0.25) is 0 Å². The van der Waals surface area contributed by atoms with Gasteiger partial charge in [0.05, 0.1) is 0 Å². The van der Waals surface area contributed by atoms with Crippen LogP contribution in [-0.2, 0) is 0 Å². The van der Waals surface area contributed by atoms with Gasteiger partial charge in [0.15, 0.2) is 17.5 Å². The normalized spacial score (nSPS) is 13.1. The zero-order valence-electron chi connectivity index (χ0n) is 29.2. The van der Waals surface area contributed by atoms with Gasteiger partial charge in [-0.05, 0) is 76.9 Å². The predicted octanol–water partition coefficient (Wildman–Crippen LogP) is 13.2. The Labute approximate surface area is 310 Å². The Balaban J connectivity index is 1.05. The molecule has 0 N–H and O–H groups in total. The molecular weight excluding hydrogens is 663 g/mol. The van der Waals surface area contributed by atoms with Crippen molar-refractivity contribution < 1.29 is 8.83 Å². The van der Waals surface area contributed by atoms with Crippen molar-refractivity contribution in [1.29, 1.82) is 0 Å². The minimum atomic E-state index is 0.593. The SMILES string of the molecule is C1=CC(c2ccc(-c3nc(-c4ccccc4)nc(-c4cccc5oc6ccc(-c7ccc8c(c7)oc7c9ccccc9ccc87)cc6c45)n3)cc2)=CCC1. The molecule has 0 saturated carbocycles. The summed E-state index contributed by atoms with van der Waals surface area (Å²) in [5.74, 6) is 1.83. The second-order valence-corrected chi connectivity index (χ2v) is 13.9. The second-order valence-electron chi connectivity index (χ2n) is 13.9. The molecule has 5 nitrogen and oxygen atoms in total. The quantitative estimate of drug-likeness (QED) is 0.179. The lowest BCUT2D eigenvalue weighted by Gasteiger charge is -2.11. The van der Waals surface area contributed by atoms with Gasteiger partial charge in [-0.1, -0.05) is 127 Å². The fraction of sp³-hybridized carbons (Fsp3) is 0.0408. The summed E-state index contributed by atoms with van der Waals surface area (Å²) in [6, 6.07) is 50.2. The van der Waals surface area contributed by atoms with E-state index in [0.717, 1.165) is 89.9 Å². The summed E-state index contributed by atoms with van der Waals surface area (Å²) in [5.41, 5.74) is 10.7. The molecule has 0 fully saturated rings. The van der Waals surface area contributed by atoms with Crippen molar-refractivity contribution in [2.75, 3.05) is 0 Å². The van der Waals surface area contributed by atoms with Crippen LogP contribution in [0.1, 0.15) is 18.4 Å². The minimum Gasteiger partial charge on any atom is -0.456 e. The summed E-state index contributed by atoms with van der Waals surface area (Å²) in [7, 11) is 0. The van der Waals surface area contributed by atoms with E-state index in [4.69, 9.17) is 23.8 Å². The van der Waals surface area contributed by atoms with Crippen molar-refractivity contribution in [3.8, 4) is 45.3 Å². The first kappa shape index (κ1) is 30.5. The van der Waals surface area contributed by atoms with E-state index in [0.29, 0.717) is 17.5 Å². The monoisotopic (exact) mass is 693 g/mol. The first-order chi connectivity index (χ1) is 26.7. The van der Waals surface area contributed by atoms with Crippen molar-refractivity contribution in [2.24, 2.45) is 0 Å². The Bertz CT molecular complexity index is 3150. The average Bonchev–Trinajstić information content (AvgIpc) is 3.82. The lowest BCUT2D eigenvalue weighted by Crippen LogP contribution is -2.00. The molecule has 0 atom stereocenters. The highest BCUT2D eigenvalue weighted by Crippen LogP contribution is 2.40. The van der Waals surface area contributed by atoms with Crippen molar-refractivity contribution in [2.45, 2.75) is 12.8 Å².